The Hall–Kier alpha value is -2.58. The number of halogens is 1. The molecule has 27 heavy (non-hydrogen) atoms. The van der Waals surface area contributed by atoms with Crippen molar-refractivity contribution < 1.29 is 4.39 Å². The lowest BCUT2D eigenvalue weighted by molar-refractivity contribution is 0.628. The van der Waals surface area contributed by atoms with E-state index in [0.29, 0.717) is 0 Å². The SMILES string of the molecule is Fc1ccc(-c2csc3ncnc(N4CCN(c5nccs5)CC4)c23)cc1. The van der Waals surface area contributed by atoms with Crippen molar-refractivity contribution >= 4 is 43.8 Å². The van der Waals surface area contributed by atoms with Gasteiger partial charge >= 0.3 is 0 Å². The highest BCUT2D eigenvalue weighted by atomic mass is 32.1. The maximum absolute atomic E-state index is 13.3. The Balaban J connectivity index is 1.49. The van der Waals surface area contributed by atoms with Crippen LogP contribution < -0.4 is 9.80 Å². The fourth-order valence-electron chi connectivity index (χ4n) is 3.42. The van der Waals surface area contributed by atoms with Crippen LogP contribution in [0.15, 0.2) is 47.5 Å². The third-order valence-electron chi connectivity index (χ3n) is 4.77. The number of hydrogen-bond acceptors (Lipinski definition) is 7. The second-order valence-corrected chi connectivity index (χ2v) is 8.05. The van der Waals surface area contributed by atoms with Gasteiger partial charge < -0.3 is 9.80 Å². The van der Waals surface area contributed by atoms with Crippen LogP contribution >= 0.6 is 22.7 Å². The number of thiophene rings is 1. The summed E-state index contributed by atoms with van der Waals surface area (Å²) in [4.78, 5) is 19.1. The van der Waals surface area contributed by atoms with Crippen molar-refractivity contribution in [2.75, 3.05) is 36.0 Å². The molecule has 1 aliphatic heterocycles. The van der Waals surface area contributed by atoms with Crippen LogP contribution in [0.4, 0.5) is 15.3 Å². The van der Waals surface area contributed by atoms with Crippen molar-refractivity contribution in [1.29, 1.82) is 0 Å². The summed E-state index contributed by atoms with van der Waals surface area (Å²) in [5.41, 5.74) is 2.05. The smallest absolute Gasteiger partial charge is 0.185 e. The zero-order valence-electron chi connectivity index (χ0n) is 14.4. The van der Waals surface area contributed by atoms with E-state index in [1.54, 1.807) is 29.0 Å². The van der Waals surface area contributed by atoms with E-state index in [9.17, 15) is 4.39 Å². The van der Waals surface area contributed by atoms with Gasteiger partial charge in [0, 0.05) is 48.7 Å². The van der Waals surface area contributed by atoms with Crippen molar-refractivity contribution in [3.05, 3.63) is 53.4 Å². The van der Waals surface area contributed by atoms with Crippen molar-refractivity contribution in [3.63, 3.8) is 0 Å². The molecule has 1 fully saturated rings. The monoisotopic (exact) mass is 397 g/mol. The molecule has 0 unspecified atom stereocenters. The number of anilines is 2. The van der Waals surface area contributed by atoms with Gasteiger partial charge in [-0.3, -0.25) is 0 Å². The second-order valence-electron chi connectivity index (χ2n) is 6.32. The number of thiazole rings is 1. The van der Waals surface area contributed by atoms with Gasteiger partial charge in [0.15, 0.2) is 5.13 Å². The summed E-state index contributed by atoms with van der Waals surface area (Å²) in [6.07, 6.45) is 3.48. The van der Waals surface area contributed by atoms with Crippen molar-refractivity contribution in [3.8, 4) is 11.1 Å². The number of benzene rings is 1. The molecule has 0 atom stereocenters. The summed E-state index contributed by atoms with van der Waals surface area (Å²) >= 11 is 3.27. The Morgan fingerprint density at radius 1 is 0.889 bits per heavy atom. The van der Waals surface area contributed by atoms with Crippen LogP contribution in [-0.2, 0) is 0 Å². The summed E-state index contributed by atoms with van der Waals surface area (Å²) in [5, 5.41) is 6.22. The molecule has 136 valence electrons. The molecule has 5 nitrogen and oxygen atoms in total. The number of rotatable bonds is 3. The van der Waals surface area contributed by atoms with E-state index in [0.717, 1.165) is 58.5 Å². The maximum Gasteiger partial charge on any atom is 0.185 e. The molecule has 8 heteroatoms. The fourth-order valence-corrected chi connectivity index (χ4v) is 5.03. The molecule has 0 radical (unpaired) electrons. The lowest BCUT2D eigenvalue weighted by Gasteiger charge is -2.35. The van der Waals surface area contributed by atoms with Crippen LogP contribution in [0.2, 0.25) is 0 Å². The van der Waals surface area contributed by atoms with Gasteiger partial charge in [-0.2, -0.15) is 0 Å². The second kappa shape index (κ2) is 6.86. The molecule has 0 N–H and O–H groups in total. The van der Waals surface area contributed by atoms with Gasteiger partial charge in [0.1, 0.15) is 22.8 Å². The maximum atomic E-state index is 13.3. The van der Waals surface area contributed by atoms with Gasteiger partial charge in [0.05, 0.1) is 5.39 Å². The molecule has 0 spiro atoms. The Labute approximate surface area is 163 Å². The largest absolute Gasteiger partial charge is 0.352 e. The molecule has 4 aromatic rings. The number of piperazine rings is 1. The van der Waals surface area contributed by atoms with Crippen LogP contribution in [-0.4, -0.2) is 41.1 Å². The molecule has 0 amide bonds. The molecule has 4 heterocycles. The average Bonchev–Trinajstić information content (AvgIpc) is 3.39. The number of hydrogen-bond donors (Lipinski definition) is 0. The van der Waals surface area contributed by atoms with E-state index < -0.39 is 0 Å². The average molecular weight is 398 g/mol. The van der Waals surface area contributed by atoms with E-state index in [2.05, 4.69) is 30.1 Å². The summed E-state index contributed by atoms with van der Waals surface area (Å²) in [6.45, 7) is 3.58. The van der Waals surface area contributed by atoms with Crippen LogP contribution in [0.5, 0.6) is 0 Å². The molecular weight excluding hydrogens is 381 g/mol. The molecule has 3 aromatic heterocycles. The lowest BCUT2D eigenvalue weighted by atomic mass is 10.1. The first kappa shape index (κ1) is 16.6. The Morgan fingerprint density at radius 3 is 2.41 bits per heavy atom. The summed E-state index contributed by atoms with van der Waals surface area (Å²) in [5.74, 6) is 0.729. The predicted molar refractivity (Wildman–Crippen MR) is 109 cm³/mol. The first-order valence-electron chi connectivity index (χ1n) is 8.67. The zero-order chi connectivity index (χ0) is 18.2. The van der Waals surface area contributed by atoms with E-state index in [-0.39, 0.29) is 5.82 Å². The van der Waals surface area contributed by atoms with E-state index in [4.69, 9.17) is 0 Å². The van der Waals surface area contributed by atoms with Gasteiger partial charge in [-0.05, 0) is 17.7 Å². The van der Waals surface area contributed by atoms with Crippen LogP contribution in [0.25, 0.3) is 21.3 Å². The highest BCUT2D eigenvalue weighted by Gasteiger charge is 2.23. The van der Waals surface area contributed by atoms with Gasteiger partial charge in [-0.1, -0.05) is 12.1 Å². The number of nitrogens with zero attached hydrogens (tertiary/aromatic N) is 5. The van der Waals surface area contributed by atoms with Gasteiger partial charge in [0.2, 0.25) is 0 Å². The normalized spacial score (nSPS) is 14.9. The minimum absolute atomic E-state index is 0.229. The molecular formula is C19H16FN5S2. The minimum Gasteiger partial charge on any atom is -0.352 e. The molecule has 0 bridgehead atoms. The van der Waals surface area contributed by atoms with Crippen LogP contribution in [0.3, 0.4) is 0 Å². The van der Waals surface area contributed by atoms with Crippen LogP contribution in [0, 0.1) is 5.82 Å². The molecule has 5 rings (SSSR count). The molecule has 0 aliphatic carbocycles. The first-order valence-corrected chi connectivity index (χ1v) is 10.4. The summed E-state index contributed by atoms with van der Waals surface area (Å²) in [7, 11) is 0. The van der Waals surface area contributed by atoms with Gasteiger partial charge in [0.25, 0.3) is 0 Å². The fraction of sp³-hybridized carbons (Fsp3) is 0.211. The Kier molecular flexibility index (Phi) is 4.21. The van der Waals surface area contributed by atoms with Crippen molar-refractivity contribution in [2.45, 2.75) is 0 Å². The van der Waals surface area contributed by atoms with Gasteiger partial charge in [-0.25, -0.2) is 19.3 Å². The topological polar surface area (TPSA) is 45.2 Å². The predicted octanol–water partition coefficient (Wildman–Crippen LogP) is 4.28. The Bertz CT molecular complexity index is 1050. The highest BCUT2D eigenvalue weighted by molar-refractivity contribution is 7.17. The molecule has 1 aliphatic rings. The first-order chi connectivity index (χ1) is 13.3. The zero-order valence-corrected chi connectivity index (χ0v) is 16.0. The van der Waals surface area contributed by atoms with Crippen molar-refractivity contribution in [2.24, 2.45) is 0 Å². The Morgan fingerprint density at radius 2 is 1.67 bits per heavy atom. The number of aromatic nitrogens is 3. The van der Waals surface area contributed by atoms with E-state index in [1.807, 2.05) is 23.7 Å². The standard InChI is InChI=1S/C19H16FN5S2/c20-14-3-1-13(2-4-14)15-11-27-18-16(15)17(22-12-23-18)24-6-8-25(9-7-24)19-21-5-10-26-19/h1-5,10-12H,6-9H2. The lowest BCUT2D eigenvalue weighted by Crippen LogP contribution is -2.46. The highest BCUT2D eigenvalue weighted by Crippen LogP contribution is 2.38. The third kappa shape index (κ3) is 3.04. The minimum atomic E-state index is -0.229. The quantitative estimate of drug-likeness (QED) is 0.516. The molecule has 1 saturated heterocycles. The third-order valence-corrected chi connectivity index (χ3v) is 6.49. The summed E-state index contributed by atoms with van der Waals surface area (Å²) in [6, 6.07) is 6.62. The van der Waals surface area contributed by atoms with E-state index >= 15 is 0 Å². The van der Waals surface area contributed by atoms with Crippen molar-refractivity contribution in [1.82, 2.24) is 15.0 Å². The van der Waals surface area contributed by atoms with Crippen LogP contribution in [0.1, 0.15) is 0 Å². The molecule has 0 saturated carbocycles. The van der Waals surface area contributed by atoms with Gasteiger partial charge in [-0.15, -0.1) is 22.7 Å². The molecule has 1 aromatic carbocycles. The van der Waals surface area contributed by atoms with E-state index in [1.165, 1.54) is 12.1 Å². The summed E-state index contributed by atoms with van der Waals surface area (Å²) < 4.78 is 13.3. The number of fused-ring (bicyclic) bond motifs is 1.